The molecule has 2 aliphatic rings. The minimum atomic E-state index is -2.90. The largest absolute Gasteiger partial charge is 0.489 e. The molecule has 23 heavy (non-hydrogen) atoms. The average molecular weight is 340 g/mol. The lowest BCUT2D eigenvalue weighted by atomic mass is 9.85. The molecule has 2 fully saturated rings. The van der Waals surface area contributed by atoms with Crippen molar-refractivity contribution in [1.82, 2.24) is 9.88 Å². The van der Waals surface area contributed by atoms with Crippen molar-refractivity contribution in [2.24, 2.45) is 0 Å². The molecule has 1 aromatic heterocycles. The van der Waals surface area contributed by atoms with Crippen molar-refractivity contribution in [2.75, 3.05) is 37.7 Å². The van der Waals surface area contributed by atoms with Gasteiger partial charge in [-0.25, -0.2) is 8.42 Å². The van der Waals surface area contributed by atoms with Gasteiger partial charge in [0, 0.05) is 44.4 Å². The predicted molar refractivity (Wildman–Crippen MR) is 87.3 cm³/mol. The van der Waals surface area contributed by atoms with Crippen LogP contribution in [0.25, 0.3) is 0 Å². The summed E-state index contributed by atoms with van der Waals surface area (Å²) in [6.07, 6.45) is 5.31. The van der Waals surface area contributed by atoms with Crippen LogP contribution in [0.4, 0.5) is 0 Å². The molecule has 0 N–H and O–H groups in total. The molecule has 3 heterocycles. The van der Waals surface area contributed by atoms with E-state index in [0.29, 0.717) is 13.2 Å². The van der Waals surface area contributed by atoms with Gasteiger partial charge in [0.2, 0.25) is 0 Å². The van der Waals surface area contributed by atoms with Crippen LogP contribution in [0.1, 0.15) is 19.8 Å². The number of pyridine rings is 1. The molecule has 6 nitrogen and oxygen atoms in total. The lowest BCUT2D eigenvalue weighted by Gasteiger charge is -2.53. The van der Waals surface area contributed by atoms with E-state index in [-0.39, 0.29) is 23.2 Å². The quantitative estimate of drug-likeness (QED) is 0.773. The van der Waals surface area contributed by atoms with Crippen LogP contribution in [0.15, 0.2) is 24.5 Å². The van der Waals surface area contributed by atoms with E-state index in [4.69, 9.17) is 9.47 Å². The average Bonchev–Trinajstić information content (AvgIpc) is 2.52. The second-order valence-electron chi connectivity index (χ2n) is 6.40. The first kappa shape index (κ1) is 16.7. The zero-order valence-electron chi connectivity index (χ0n) is 13.5. The Bertz CT molecular complexity index is 614. The normalized spacial score (nSPS) is 24.3. The van der Waals surface area contributed by atoms with E-state index in [1.807, 2.05) is 12.1 Å². The summed E-state index contributed by atoms with van der Waals surface area (Å²) in [4.78, 5) is 6.22. The van der Waals surface area contributed by atoms with Crippen molar-refractivity contribution in [3.05, 3.63) is 24.5 Å². The fourth-order valence-electron chi connectivity index (χ4n) is 3.25. The molecule has 0 bridgehead atoms. The van der Waals surface area contributed by atoms with Gasteiger partial charge in [-0.05, 0) is 12.1 Å². The van der Waals surface area contributed by atoms with Crippen LogP contribution in [-0.2, 0) is 14.6 Å². The van der Waals surface area contributed by atoms with Gasteiger partial charge in [-0.1, -0.05) is 6.92 Å². The molecule has 0 unspecified atom stereocenters. The molecule has 1 atom stereocenters. The molecule has 2 saturated heterocycles. The highest BCUT2D eigenvalue weighted by molar-refractivity contribution is 7.91. The Balaban J connectivity index is 1.48. The molecule has 0 aliphatic carbocycles. The zero-order valence-corrected chi connectivity index (χ0v) is 14.3. The third kappa shape index (κ3) is 4.22. The number of likely N-dealkylation sites (tertiary alicyclic amines) is 1. The van der Waals surface area contributed by atoms with Crippen LogP contribution in [0.5, 0.6) is 5.75 Å². The highest BCUT2D eigenvalue weighted by Crippen LogP contribution is 2.35. The summed E-state index contributed by atoms with van der Waals surface area (Å²) < 4.78 is 35.1. The highest BCUT2D eigenvalue weighted by Gasteiger charge is 2.48. The predicted octanol–water partition coefficient (Wildman–Crippen LogP) is 1.13. The van der Waals surface area contributed by atoms with Gasteiger partial charge in [0.15, 0.2) is 9.84 Å². The summed E-state index contributed by atoms with van der Waals surface area (Å²) in [5.74, 6) is 1.23. The molecule has 7 heteroatoms. The van der Waals surface area contributed by atoms with E-state index in [9.17, 15) is 8.42 Å². The summed E-state index contributed by atoms with van der Waals surface area (Å²) in [7, 11) is -2.90. The van der Waals surface area contributed by atoms with E-state index < -0.39 is 9.84 Å². The second-order valence-corrected chi connectivity index (χ2v) is 8.87. The van der Waals surface area contributed by atoms with Gasteiger partial charge < -0.3 is 9.47 Å². The van der Waals surface area contributed by atoms with Gasteiger partial charge in [-0.3, -0.25) is 9.88 Å². The van der Waals surface area contributed by atoms with Gasteiger partial charge in [0.25, 0.3) is 0 Å². The van der Waals surface area contributed by atoms with Crippen LogP contribution in [0.3, 0.4) is 0 Å². The van der Waals surface area contributed by atoms with Crippen molar-refractivity contribution < 1.29 is 17.9 Å². The Morgan fingerprint density at radius 2 is 2.30 bits per heavy atom. The Morgan fingerprint density at radius 3 is 3.00 bits per heavy atom. The molecule has 0 saturated carbocycles. The van der Waals surface area contributed by atoms with Gasteiger partial charge in [0.1, 0.15) is 11.9 Å². The highest BCUT2D eigenvalue weighted by atomic mass is 32.2. The minimum Gasteiger partial charge on any atom is -0.489 e. The Labute approximate surface area is 137 Å². The standard InChI is InChI=1S/C16H24N2O4S/c1-2-23(19,20)9-7-18-12-16(13-18)10-14(5-8-21-16)22-15-4-3-6-17-11-15/h3-4,6,11,14H,2,5,7-10,12-13H2,1H3/t14-/m0/s1. The summed E-state index contributed by atoms with van der Waals surface area (Å²) in [5.41, 5.74) is -0.166. The van der Waals surface area contributed by atoms with Gasteiger partial charge in [-0.2, -0.15) is 0 Å². The van der Waals surface area contributed by atoms with Crippen molar-refractivity contribution in [3.63, 3.8) is 0 Å². The number of aromatic nitrogens is 1. The molecule has 0 aromatic carbocycles. The number of hydrogen-bond donors (Lipinski definition) is 0. The number of sulfone groups is 1. The lowest BCUT2D eigenvalue weighted by molar-refractivity contribution is -0.184. The molecule has 0 amide bonds. The lowest BCUT2D eigenvalue weighted by Crippen LogP contribution is -2.66. The van der Waals surface area contributed by atoms with Crippen LogP contribution < -0.4 is 4.74 Å². The van der Waals surface area contributed by atoms with E-state index in [1.54, 1.807) is 19.3 Å². The number of rotatable bonds is 6. The van der Waals surface area contributed by atoms with Crippen molar-refractivity contribution in [1.29, 1.82) is 0 Å². The topological polar surface area (TPSA) is 68.7 Å². The number of nitrogens with zero attached hydrogens (tertiary/aromatic N) is 2. The SMILES string of the molecule is CCS(=O)(=O)CCN1CC2(C[C@@H](Oc3cccnc3)CCO2)C1. The monoisotopic (exact) mass is 340 g/mol. The van der Waals surface area contributed by atoms with Crippen molar-refractivity contribution in [2.45, 2.75) is 31.5 Å². The molecule has 0 radical (unpaired) electrons. The fraction of sp³-hybridized carbons (Fsp3) is 0.688. The van der Waals surface area contributed by atoms with Crippen LogP contribution >= 0.6 is 0 Å². The second kappa shape index (κ2) is 6.75. The fourth-order valence-corrected chi connectivity index (χ4v) is 4.08. The molecule has 3 rings (SSSR count). The van der Waals surface area contributed by atoms with Crippen LogP contribution in [0.2, 0.25) is 0 Å². The maximum atomic E-state index is 11.6. The molecule has 1 aromatic rings. The third-order valence-corrected chi connectivity index (χ3v) is 6.25. The van der Waals surface area contributed by atoms with E-state index in [1.165, 1.54) is 0 Å². The smallest absolute Gasteiger partial charge is 0.151 e. The first-order chi connectivity index (χ1) is 11.0. The molecular formula is C16H24N2O4S. The number of ether oxygens (including phenoxy) is 2. The van der Waals surface area contributed by atoms with Crippen LogP contribution in [-0.4, -0.2) is 67.8 Å². The zero-order chi connectivity index (χ0) is 16.3. The molecule has 2 aliphatic heterocycles. The number of hydrogen-bond acceptors (Lipinski definition) is 6. The van der Waals surface area contributed by atoms with Gasteiger partial charge in [-0.15, -0.1) is 0 Å². The maximum Gasteiger partial charge on any atom is 0.151 e. The molecule has 1 spiro atoms. The van der Waals surface area contributed by atoms with E-state index >= 15 is 0 Å². The molecular weight excluding hydrogens is 316 g/mol. The third-order valence-electron chi connectivity index (χ3n) is 4.57. The van der Waals surface area contributed by atoms with Crippen molar-refractivity contribution >= 4 is 9.84 Å². The van der Waals surface area contributed by atoms with Gasteiger partial charge >= 0.3 is 0 Å². The van der Waals surface area contributed by atoms with Crippen molar-refractivity contribution in [3.8, 4) is 5.75 Å². The Morgan fingerprint density at radius 1 is 1.48 bits per heavy atom. The summed E-state index contributed by atoms with van der Waals surface area (Å²) in [5, 5.41) is 0. The summed E-state index contributed by atoms with van der Waals surface area (Å²) >= 11 is 0. The van der Waals surface area contributed by atoms with Crippen LogP contribution in [0, 0.1) is 0 Å². The van der Waals surface area contributed by atoms with Gasteiger partial charge in [0.05, 0.1) is 24.2 Å². The Kier molecular flexibility index (Phi) is 4.89. The minimum absolute atomic E-state index is 0.134. The first-order valence-electron chi connectivity index (χ1n) is 8.14. The summed E-state index contributed by atoms with van der Waals surface area (Å²) in [6, 6.07) is 3.78. The summed E-state index contributed by atoms with van der Waals surface area (Å²) in [6.45, 7) is 4.55. The Hall–Kier alpha value is -1.18. The molecule has 128 valence electrons. The van der Waals surface area contributed by atoms with E-state index in [0.717, 1.165) is 31.7 Å². The van der Waals surface area contributed by atoms with E-state index in [2.05, 4.69) is 9.88 Å². The maximum absolute atomic E-state index is 11.6. The first-order valence-corrected chi connectivity index (χ1v) is 9.96.